The molecule has 3 aromatic rings. The van der Waals surface area contributed by atoms with Crippen molar-refractivity contribution >= 4 is 28.5 Å². The largest absolute Gasteiger partial charge is 0.446 e. The van der Waals surface area contributed by atoms with E-state index in [4.69, 9.17) is 10.2 Å². The van der Waals surface area contributed by atoms with Gasteiger partial charge in [-0.15, -0.1) is 0 Å². The van der Waals surface area contributed by atoms with Crippen molar-refractivity contribution in [2.45, 2.75) is 25.8 Å². The molecule has 0 saturated carbocycles. The molecule has 2 heterocycles. The van der Waals surface area contributed by atoms with E-state index in [-0.39, 0.29) is 16.7 Å². The van der Waals surface area contributed by atoms with Gasteiger partial charge in [0.1, 0.15) is 11.5 Å². The van der Waals surface area contributed by atoms with Crippen LogP contribution in [0.3, 0.4) is 0 Å². The molecule has 0 atom stereocenters. The van der Waals surface area contributed by atoms with Gasteiger partial charge in [-0.05, 0) is 49.7 Å². The van der Waals surface area contributed by atoms with Gasteiger partial charge in [-0.25, -0.2) is 8.78 Å². The Morgan fingerprint density at radius 1 is 1.10 bits per heavy atom. The molecule has 4 rings (SSSR count). The third-order valence-corrected chi connectivity index (χ3v) is 5.22. The number of nitrogens with zero attached hydrogens (tertiary/aromatic N) is 1. The lowest BCUT2D eigenvalue weighted by Gasteiger charge is -2.26. The first-order chi connectivity index (χ1) is 14.4. The Hall–Kier alpha value is -3.26. The highest BCUT2D eigenvalue weighted by Crippen LogP contribution is 2.33. The maximum absolute atomic E-state index is 14.0. The van der Waals surface area contributed by atoms with Crippen molar-refractivity contribution in [2.75, 3.05) is 18.4 Å². The minimum absolute atomic E-state index is 0.0703. The predicted molar refractivity (Wildman–Crippen MR) is 108 cm³/mol. The molecular weight excluding hydrogens is 392 g/mol. The summed E-state index contributed by atoms with van der Waals surface area (Å²) in [5.41, 5.74) is 6.14. The molecule has 156 valence electrons. The first-order valence-electron chi connectivity index (χ1n) is 9.76. The Kier molecular flexibility index (Phi) is 5.50. The fourth-order valence-corrected chi connectivity index (χ4v) is 3.80. The Labute approximate surface area is 171 Å². The number of carbonyl (C=O) groups is 2. The summed E-state index contributed by atoms with van der Waals surface area (Å²) in [4.78, 5) is 26.9. The molecule has 1 aliphatic rings. The van der Waals surface area contributed by atoms with E-state index >= 15 is 0 Å². The summed E-state index contributed by atoms with van der Waals surface area (Å²) in [6.45, 7) is 2.78. The Balaban J connectivity index is 1.62. The van der Waals surface area contributed by atoms with Gasteiger partial charge in [0.2, 0.25) is 5.76 Å². The van der Waals surface area contributed by atoms with Gasteiger partial charge >= 0.3 is 0 Å². The molecule has 8 heteroatoms. The van der Waals surface area contributed by atoms with Crippen LogP contribution in [-0.4, -0.2) is 29.8 Å². The predicted octanol–water partition coefficient (Wildman–Crippen LogP) is 4.05. The highest BCUT2D eigenvalue weighted by molar-refractivity contribution is 6.14. The van der Waals surface area contributed by atoms with E-state index in [1.54, 1.807) is 18.2 Å². The molecule has 0 aliphatic carbocycles. The van der Waals surface area contributed by atoms with Crippen LogP contribution in [-0.2, 0) is 6.54 Å². The van der Waals surface area contributed by atoms with Crippen molar-refractivity contribution in [2.24, 2.45) is 5.73 Å². The molecule has 30 heavy (non-hydrogen) atoms. The van der Waals surface area contributed by atoms with Crippen LogP contribution in [0.1, 0.15) is 45.7 Å². The zero-order valence-electron chi connectivity index (χ0n) is 16.2. The lowest BCUT2D eigenvalue weighted by atomic mass is 10.1. The third kappa shape index (κ3) is 4.04. The zero-order valence-corrected chi connectivity index (χ0v) is 16.2. The van der Waals surface area contributed by atoms with Gasteiger partial charge in [0.15, 0.2) is 11.4 Å². The smallest absolute Gasteiger partial charge is 0.286 e. The van der Waals surface area contributed by atoms with E-state index in [2.05, 4.69) is 10.2 Å². The Bertz CT molecular complexity index is 1120. The number of halogens is 2. The number of hydrogen-bond acceptors (Lipinski definition) is 4. The van der Waals surface area contributed by atoms with Crippen LogP contribution in [0.5, 0.6) is 0 Å². The van der Waals surface area contributed by atoms with Crippen LogP contribution in [0.25, 0.3) is 11.0 Å². The van der Waals surface area contributed by atoms with Gasteiger partial charge in [0, 0.05) is 18.2 Å². The fourth-order valence-electron chi connectivity index (χ4n) is 3.80. The lowest BCUT2D eigenvalue weighted by molar-refractivity contribution is 0.0977. The number of anilines is 1. The maximum Gasteiger partial charge on any atom is 0.286 e. The highest BCUT2D eigenvalue weighted by atomic mass is 19.1. The first-order valence-corrected chi connectivity index (χ1v) is 9.76. The molecule has 0 bridgehead atoms. The van der Waals surface area contributed by atoms with Crippen LogP contribution in [0.2, 0.25) is 0 Å². The van der Waals surface area contributed by atoms with E-state index in [1.165, 1.54) is 6.42 Å². The number of carbonyl (C=O) groups excluding carboxylic acids is 2. The molecule has 1 aromatic heterocycles. The highest BCUT2D eigenvalue weighted by Gasteiger charge is 2.24. The van der Waals surface area contributed by atoms with Crippen LogP contribution in [0.15, 0.2) is 40.8 Å². The number of likely N-dealkylation sites (tertiary alicyclic amines) is 1. The molecule has 1 saturated heterocycles. The van der Waals surface area contributed by atoms with Crippen LogP contribution in [0.4, 0.5) is 14.5 Å². The third-order valence-electron chi connectivity index (χ3n) is 5.22. The molecule has 6 nitrogen and oxygen atoms in total. The molecule has 0 spiro atoms. The number of benzene rings is 2. The normalized spacial score (nSPS) is 14.7. The number of fused-ring (bicyclic) bond motifs is 1. The summed E-state index contributed by atoms with van der Waals surface area (Å²) in [5.74, 6) is -3.83. The van der Waals surface area contributed by atoms with E-state index in [0.29, 0.717) is 11.6 Å². The minimum atomic E-state index is -1.000. The number of piperidine rings is 1. The van der Waals surface area contributed by atoms with Crippen LogP contribution >= 0.6 is 0 Å². The second-order valence-electron chi connectivity index (χ2n) is 7.43. The Morgan fingerprint density at radius 2 is 1.87 bits per heavy atom. The molecule has 2 aromatic carbocycles. The molecular formula is C22H21F2N3O3. The monoisotopic (exact) mass is 413 g/mol. The number of hydrogen-bond donors (Lipinski definition) is 2. The van der Waals surface area contributed by atoms with Gasteiger partial charge in [-0.2, -0.15) is 0 Å². The van der Waals surface area contributed by atoms with Gasteiger partial charge in [0.05, 0.1) is 5.39 Å². The second kappa shape index (κ2) is 8.23. The molecule has 0 radical (unpaired) electrons. The van der Waals surface area contributed by atoms with Crippen LogP contribution < -0.4 is 11.1 Å². The molecule has 1 fully saturated rings. The lowest BCUT2D eigenvalue weighted by Crippen LogP contribution is -2.29. The SMILES string of the molecule is NC(=O)c1oc2c(F)cc(F)cc2c1NC(=O)c1cccc(CN2CCCCC2)c1. The fraction of sp³-hybridized carbons (Fsp3) is 0.273. The topological polar surface area (TPSA) is 88.6 Å². The standard InChI is InChI=1S/C22H21F2N3O3/c23-15-10-16-18(20(21(25)28)30-19(16)17(24)11-15)26-22(29)14-6-4-5-13(9-14)12-27-7-2-1-3-8-27/h4-6,9-11H,1-3,7-8,12H2,(H2,25,28)(H,26,29). The van der Waals surface area contributed by atoms with Gasteiger partial charge < -0.3 is 15.5 Å². The summed E-state index contributed by atoms with van der Waals surface area (Å²) < 4.78 is 32.9. The summed E-state index contributed by atoms with van der Waals surface area (Å²) >= 11 is 0. The number of nitrogens with two attached hydrogens (primary N) is 1. The first kappa shape index (κ1) is 20.0. The average molecular weight is 413 g/mol. The molecule has 1 aliphatic heterocycles. The number of amides is 2. The maximum atomic E-state index is 14.0. The number of nitrogens with one attached hydrogen (secondary N) is 1. The van der Waals surface area contributed by atoms with Crippen molar-refractivity contribution < 1.29 is 22.8 Å². The second-order valence-corrected chi connectivity index (χ2v) is 7.43. The van der Waals surface area contributed by atoms with Crippen molar-refractivity contribution in [1.82, 2.24) is 4.90 Å². The van der Waals surface area contributed by atoms with Crippen molar-refractivity contribution in [3.05, 3.63) is 64.9 Å². The summed E-state index contributed by atoms with van der Waals surface area (Å²) in [6.07, 6.45) is 3.56. The molecule has 3 N–H and O–H groups in total. The van der Waals surface area contributed by atoms with E-state index in [9.17, 15) is 18.4 Å². The molecule has 0 unspecified atom stereocenters. The summed E-state index contributed by atoms with van der Waals surface area (Å²) in [7, 11) is 0. The Morgan fingerprint density at radius 3 is 2.60 bits per heavy atom. The van der Waals surface area contributed by atoms with E-state index in [0.717, 1.165) is 44.1 Å². The average Bonchev–Trinajstić information content (AvgIpc) is 3.08. The van der Waals surface area contributed by atoms with Gasteiger partial charge in [-0.3, -0.25) is 14.5 Å². The number of primary amides is 1. The van der Waals surface area contributed by atoms with Crippen molar-refractivity contribution in [3.63, 3.8) is 0 Å². The van der Waals surface area contributed by atoms with E-state index in [1.807, 2.05) is 6.07 Å². The van der Waals surface area contributed by atoms with Crippen LogP contribution in [0, 0.1) is 11.6 Å². The summed E-state index contributed by atoms with van der Waals surface area (Å²) in [6, 6.07) is 8.72. The minimum Gasteiger partial charge on any atom is -0.446 e. The zero-order chi connectivity index (χ0) is 21.3. The van der Waals surface area contributed by atoms with Gasteiger partial charge in [0.25, 0.3) is 11.8 Å². The number of rotatable bonds is 5. The quantitative estimate of drug-likeness (QED) is 0.661. The van der Waals surface area contributed by atoms with Gasteiger partial charge in [-0.1, -0.05) is 18.6 Å². The number of furan rings is 1. The summed E-state index contributed by atoms with van der Waals surface area (Å²) in [5, 5.41) is 2.47. The molecule has 2 amide bonds. The van der Waals surface area contributed by atoms with Crippen molar-refractivity contribution in [3.8, 4) is 0 Å². The van der Waals surface area contributed by atoms with E-state index < -0.39 is 29.2 Å². The van der Waals surface area contributed by atoms with Crippen molar-refractivity contribution in [1.29, 1.82) is 0 Å².